The molecule has 5 rings (SSSR count). The molecule has 236 valence electrons. The van der Waals surface area contributed by atoms with Crippen LogP contribution in [0.1, 0.15) is 42.1 Å². The van der Waals surface area contributed by atoms with E-state index >= 15 is 0 Å². The Morgan fingerprint density at radius 1 is 1.04 bits per heavy atom. The zero-order chi connectivity index (χ0) is 33.0. The van der Waals surface area contributed by atoms with Crippen molar-refractivity contribution in [2.75, 3.05) is 13.2 Å². The third-order valence-electron chi connectivity index (χ3n) is 6.82. The van der Waals surface area contributed by atoms with Gasteiger partial charge in [0, 0.05) is 5.02 Å². The second-order valence-electron chi connectivity index (χ2n) is 9.85. The highest BCUT2D eigenvalue weighted by molar-refractivity contribution is 7.07. The quantitative estimate of drug-likeness (QED) is 0.208. The third kappa shape index (κ3) is 6.85. The van der Waals surface area contributed by atoms with E-state index in [1.54, 1.807) is 49.4 Å². The fourth-order valence-corrected chi connectivity index (χ4v) is 5.92. The molecule has 3 aromatic carbocycles. The van der Waals surface area contributed by atoms with E-state index in [0.717, 1.165) is 21.5 Å². The van der Waals surface area contributed by atoms with E-state index in [1.807, 2.05) is 0 Å². The number of aromatic nitrogens is 1. The van der Waals surface area contributed by atoms with Gasteiger partial charge in [0.2, 0.25) is 0 Å². The lowest BCUT2D eigenvalue weighted by molar-refractivity contribution is -0.140. The van der Waals surface area contributed by atoms with Crippen LogP contribution in [0.15, 0.2) is 87.8 Å². The Kier molecular flexibility index (Phi) is 9.65. The first-order valence-corrected chi connectivity index (χ1v) is 15.2. The molecule has 0 aliphatic carbocycles. The molecule has 0 amide bonds. The van der Waals surface area contributed by atoms with Crippen LogP contribution in [-0.2, 0) is 16.1 Å². The first-order chi connectivity index (χ1) is 22.0. The summed E-state index contributed by atoms with van der Waals surface area (Å²) >= 11 is 6.79. The van der Waals surface area contributed by atoms with Crippen LogP contribution in [0.4, 0.5) is 13.2 Å². The molecule has 1 aliphatic rings. The summed E-state index contributed by atoms with van der Waals surface area (Å²) in [7, 11) is 0. The van der Waals surface area contributed by atoms with Gasteiger partial charge in [-0.3, -0.25) is 9.36 Å². The molecule has 46 heavy (non-hydrogen) atoms. The number of nitrogens with zero attached hydrogens (tertiary/aromatic N) is 3. The molecular weight excluding hydrogens is 643 g/mol. The molecule has 13 heteroatoms. The number of rotatable bonds is 9. The van der Waals surface area contributed by atoms with Gasteiger partial charge in [-0.2, -0.15) is 18.4 Å². The molecule has 0 radical (unpaired) electrons. The molecule has 8 nitrogen and oxygen atoms in total. The topological polar surface area (TPSA) is 103 Å². The summed E-state index contributed by atoms with van der Waals surface area (Å²) < 4.78 is 60.9. The van der Waals surface area contributed by atoms with Crippen molar-refractivity contribution in [2.45, 2.75) is 32.7 Å². The average molecular weight is 668 g/mol. The van der Waals surface area contributed by atoms with Crippen LogP contribution < -0.4 is 24.4 Å². The van der Waals surface area contributed by atoms with Crippen molar-refractivity contribution in [3.63, 3.8) is 0 Å². The number of ether oxygens (including phenoxy) is 3. The molecule has 1 aliphatic heterocycles. The predicted octanol–water partition coefficient (Wildman–Crippen LogP) is 5.84. The van der Waals surface area contributed by atoms with Gasteiger partial charge < -0.3 is 14.2 Å². The first kappa shape index (κ1) is 32.5. The number of halogens is 4. The molecule has 2 heterocycles. The molecule has 1 atom stereocenters. The van der Waals surface area contributed by atoms with Crippen molar-refractivity contribution >= 4 is 35.0 Å². The number of nitriles is 1. The number of fused-ring (bicyclic) bond motifs is 1. The number of carbonyl (C=O) groups excluding carboxylic acids is 1. The minimum atomic E-state index is -5.01. The SMILES string of the molecule is CCOC(=O)C1=C(C(F)(F)F)N=c2s/c(=C\c3ccc(OCc4ccc(C#N)cc4)c(OCC)c3)c(=O)n2[C@@H]1c1ccc(Cl)cc1. The number of alkyl halides is 3. The fraction of sp³-hybridized carbons (Fsp3) is 0.212. The minimum absolute atomic E-state index is 0.0815. The van der Waals surface area contributed by atoms with Crippen molar-refractivity contribution < 1.29 is 32.2 Å². The van der Waals surface area contributed by atoms with E-state index in [9.17, 15) is 22.8 Å². The lowest BCUT2D eigenvalue weighted by atomic mass is 9.95. The molecule has 0 unspecified atom stereocenters. The van der Waals surface area contributed by atoms with Crippen molar-refractivity contribution in [3.05, 3.63) is 125 Å². The molecule has 0 bridgehead atoms. The van der Waals surface area contributed by atoms with Crippen molar-refractivity contribution in [1.29, 1.82) is 5.26 Å². The van der Waals surface area contributed by atoms with E-state index in [0.29, 0.717) is 34.3 Å². The molecule has 0 fully saturated rings. The van der Waals surface area contributed by atoms with Gasteiger partial charge in [-0.25, -0.2) is 9.79 Å². The van der Waals surface area contributed by atoms with Gasteiger partial charge in [-0.05, 0) is 73.0 Å². The van der Waals surface area contributed by atoms with Gasteiger partial charge in [0.25, 0.3) is 5.56 Å². The van der Waals surface area contributed by atoms with Crippen LogP contribution in [0.3, 0.4) is 0 Å². The summed E-state index contributed by atoms with van der Waals surface area (Å²) in [6.07, 6.45) is -3.50. The van der Waals surface area contributed by atoms with Gasteiger partial charge in [-0.1, -0.05) is 53.3 Å². The van der Waals surface area contributed by atoms with Crippen molar-refractivity contribution in [3.8, 4) is 17.6 Å². The standard InChI is InChI=1S/C33H25ClF3N3O5S/c1-3-43-25-15-21(9-14-24(25)45-18-20-7-5-19(17-38)6-8-20)16-26-30(41)40-28(22-10-12-23(34)13-11-22)27(31(42)44-4-2)29(33(35,36)37)39-32(40)46-26/h5-16,28H,3-4,18H2,1-2H3/b26-16-/t28-/m1/s1. The lowest BCUT2D eigenvalue weighted by Gasteiger charge is -2.26. The van der Waals surface area contributed by atoms with Crippen LogP contribution in [0, 0.1) is 11.3 Å². The Hall–Kier alpha value is -4.86. The summed E-state index contributed by atoms with van der Waals surface area (Å²) in [5.74, 6) is -0.409. The van der Waals surface area contributed by atoms with Crippen LogP contribution >= 0.6 is 22.9 Å². The highest BCUT2D eigenvalue weighted by atomic mass is 35.5. The largest absolute Gasteiger partial charge is 0.490 e. The van der Waals surface area contributed by atoms with Crippen LogP contribution in [0.25, 0.3) is 6.08 Å². The number of hydrogen-bond acceptors (Lipinski definition) is 8. The normalized spacial score (nSPS) is 14.7. The van der Waals surface area contributed by atoms with E-state index in [1.165, 1.54) is 37.3 Å². The number of benzene rings is 3. The Morgan fingerprint density at radius 2 is 1.76 bits per heavy atom. The maximum absolute atomic E-state index is 14.3. The number of carbonyl (C=O) groups is 1. The van der Waals surface area contributed by atoms with Crippen molar-refractivity contribution in [2.24, 2.45) is 4.99 Å². The molecule has 4 aromatic rings. The Balaban J connectivity index is 1.59. The summed E-state index contributed by atoms with van der Waals surface area (Å²) in [4.78, 5) is 30.4. The zero-order valence-electron chi connectivity index (χ0n) is 24.4. The average Bonchev–Trinajstić information content (AvgIpc) is 3.34. The van der Waals surface area contributed by atoms with E-state index in [4.69, 9.17) is 31.1 Å². The zero-order valence-corrected chi connectivity index (χ0v) is 26.0. The summed E-state index contributed by atoms with van der Waals surface area (Å²) in [6.45, 7) is 3.61. The monoisotopic (exact) mass is 667 g/mol. The summed E-state index contributed by atoms with van der Waals surface area (Å²) in [5, 5.41) is 9.33. The third-order valence-corrected chi connectivity index (χ3v) is 8.06. The molecule has 1 aromatic heterocycles. The van der Waals surface area contributed by atoms with E-state index in [2.05, 4.69) is 11.1 Å². The molecule has 0 spiro atoms. The maximum Gasteiger partial charge on any atom is 0.434 e. The van der Waals surface area contributed by atoms with Crippen molar-refractivity contribution in [1.82, 2.24) is 4.57 Å². The summed E-state index contributed by atoms with van der Waals surface area (Å²) in [6, 6.07) is 18.3. The van der Waals surface area contributed by atoms with Gasteiger partial charge >= 0.3 is 12.1 Å². The summed E-state index contributed by atoms with van der Waals surface area (Å²) in [5.41, 5.74) is -0.769. The Bertz CT molecular complexity index is 2030. The van der Waals surface area contributed by atoms with Gasteiger partial charge in [0.1, 0.15) is 6.61 Å². The van der Waals surface area contributed by atoms with Gasteiger partial charge in [0.15, 0.2) is 22.0 Å². The van der Waals surface area contributed by atoms with Gasteiger partial charge in [-0.15, -0.1) is 0 Å². The second kappa shape index (κ2) is 13.6. The number of allylic oxidation sites excluding steroid dienone is 1. The van der Waals surface area contributed by atoms with Crippen LogP contribution in [-0.4, -0.2) is 29.9 Å². The Labute approximate surface area is 269 Å². The number of thiazole rings is 1. The molecular formula is C33H25ClF3N3O5S. The van der Waals surface area contributed by atoms with Crippen LogP contribution in [0.5, 0.6) is 11.5 Å². The highest BCUT2D eigenvalue weighted by Crippen LogP contribution is 2.38. The van der Waals surface area contributed by atoms with Crippen LogP contribution in [0.2, 0.25) is 5.02 Å². The molecule has 0 saturated heterocycles. The van der Waals surface area contributed by atoms with Gasteiger partial charge in [0.05, 0.1) is 41.0 Å². The smallest absolute Gasteiger partial charge is 0.434 e. The van der Waals surface area contributed by atoms with E-state index < -0.39 is 35.0 Å². The Morgan fingerprint density at radius 3 is 2.39 bits per heavy atom. The minimum Gasteiger partial charge on any atom is -0.490 e. The van der Waals surface area contributed by atoms with E-state index in [-0.39, 0.29) is 28.1 Å². The fourth-order valence-electron chi connectivity index (χ4n) is 4.79. The number of hydrogen-bond donors (Lipinski definition) is 0. The highest BCUT2D eigenvalue weighted by Gasteiger charge is 2.45. The maximum atomic E-state index is 14.3. The lowest BCUT2D eigenvalue weighted by Crippen LogP contribution is -2.41. The first-order valence-electron chi connectivity index (χ1n) is 14.0. The second-order valence-corrected chi connectivity index (χ2v) is 11.3. The predicted molar refractivity (Wildman–Crippen MR) is 165 cm³/mol. The molecule has 0 N–H and O–H groups in total. The number of esters is 1. The molecule has 0 saturated carbocycles.